The van der Waals surface area contributed by atoms with Crippen molar-refractivity contribution in [2.24, 2.45) is 0 Å². The number of pyridine rings is 1. The molecule has 0 amide bonds. The summed E-state index contributed by atoms with van der Waals surface area (Å²) in [6.45, 7) is 0. The first kappa shape index (κ1) is 9.42. The molecule has 17 heavy (non-hydrogen) atoms. The summed E-state index contributed by atoms with van der Waals surface area (Å²) < 4.78 is 1.76. The number of rotatable bonds is 1. The molecule has 3 aromatic rings. The Morgan fingerprint density at radius 3 is 2.82 bits per heavy atom. The summed E-state index contributed by atoms with van der Waals surface area (Å²) in [5, 5.41) is 24.5. The molecule has 0 bridgehead atoms. The van der Waals surface area contributed by atoms with Crippen molar-refractivity contribution in [2.75, 3.05) is 0 Å². The van der Waals surface area contributed by atoms with Crippen LogP contribution in [0.15, 0.2) is 36.8 Å². The Morgan fingerprint density at radius 1 is 1.12 bits per heavy atom. The highest BCUT2D eigenvalue weighted by Gasteiger charge is 2.08. The topological polar surface area (TPSA) is 79.8 Å². The molecule has 0 atom stereocenters. The van der Waals surface area contributed by atoms with E-state index in [1.165, 1.54) is 0 Å². The maximum absolute atomic E-state index is 8.87. The second-order valence-corrected chi connectivity index (χ2v) is 3.41. The van der Waals surface area contributed by atoms with Crippen molar-refractivity contribution in [3.63, 3.8) is 0 Å². The molecule has 3 rings (SSSR count). The van der Waals surface area contributed by atoms with E-state index >= 15 is 0 Å². The fourth-order valence-corrected chi connectivity index (χ4v) is 1.58. The molecule has 0 aromatic carbocycles. The standard InChI is InChI=1S/C11H6N6/c12-5-8-1-2-10-15-16-11(17(10)7-8)9-3-4-13-14-6-9/h1-4,6-7H. The molecule has 6 nitrogen and oxygen atoms in total. The fraction of sp³-hybridized carbons (Fsp3) is 0. The first-order chi connectivity index (χ1) is 8.38. The van der Waals surface area contributed by atoms with Crippen LogP contribution in [0.5, 0.6) is 0 Å². The molecule has 0 aliphatic carbocycles. The summed E-state index contributed by atoms with van der Waals surface area (Å²) in [4.78, 5) is 0. The third-order valence-corrected chi connectivity index (χ3v) is 2.37. The number of nitriles is 1. The van der Waals surface area contributed by atoms with Gasteiger partial charge in [0.2, 0.25) is 0 Å². The maximum atomic E-state index is 8.87. The molecule has 3 heterocycles. The number of aromatic nitrogens is 5. The van der Waals surface area contributed by atoms with Crippen molar-refractivity contribution in [1.29, 1.82) is 5.26 Å². The summed E-state index contributed by atoms with van der Waals surface area (Å²) >= 11 is 0. The fourth-order valence-electron chi connectivity index (χ4n) is 1.58. The molecular weight excluding hydrogens is 216 g/mol. The van der Waals surface area contributed by atoms with Gasteiger partial charge < -0.3 is 0 Å². The van der Waals surface area contributed by atoms with Gasteiger partial charge in [-0.15, -0.1) is 10.2 Å². The Balaban J connectivity index is 2.28. The molecule has 0 saturated carbocycles. The lowest BCUT2D eigenvalue weighted by Gasteiger charge is -1.98. The molecule has 0 saturated heterocycles. The van der Waals surface area contributed by atoms with Crippen molar-refractivity contribution in [3.05, 3.63) is 42.4 Å². The van der Waals surface area contributed by atoms with Gasteiger partial charge in [0.1, 0.15) is 6.07 Å². The highest BCUT2D eigenvalue weighted by Crippen LogP contribution is 2.16. The Labute approximate surface area is 96.2 Å². The first-order valence-electron chi connectivity index (χ1n) is 4.90. The molecule has 0 aliphatic heterocycles. The summed E-state index contributed by atoms with van der Waals surface area (Å²) in [5.41, 5.74) is 2.05. The minimum absolute atomic E-state index is 0.556. The SMILES string of the molecule is N#Cc1ccc2nnc(-c3ccnnc3)n2c1. The zero-order chi connectivity index (χ0) is 11.7. The summed E-state index contributed by atoms with van der Waals surface area (Å²) in [5.74, 6) is 0.645. The van der Waals surface area contributed by atoms with E-state index in [2.05, 4.69) is 26.5 Å². The van der Waals surface area contributed by atoms with Gasteiger partial charge in [-0.2, -0.15) is 15.5 Å². The number of nitrogens with zero attached hydrogens (tertiary/aromatic N) is 6. The van der Waals surface area contributed by atoms with E-state index in [9.17, 15) is 0 Å². The van der Waals surface area contributed by atoms with Gasteiger partial charge in [-0.05, 0) is 18.2 Å². The van der Waals surface area contributed by atoms with Gasteiger partial charge in [0.05, 0.1) is 18.0 Å². The van der Waals surface area contributed by atoms with Gasteiger partial charge in [0, 0.05) is 11.8 Å². The smallest absolute Gasteiger partial charge is 0.170 e. The Hall–Kier alpha value is -2.81. The van der Waals surface area contributed by atoms with E-state index in [0.29, 0.717) is 17.0 Å². The molecule has 0 unspecified atom stereocenters. The van der Waals surface area contributed by atoms with E-state index in [0.717, 1.165) is 5.56 Å². The monoisotopic (exact) mass is 222 g/mol. The van der Waals surface area contributed by atoms with E-state index in [1.54, 1.807) is 41.2 Å². The van der Waals surface area contributed by atoms with Gasteiger partial charge in [-0.3, -0.25) is 4.40 Å². The summed E-state index contributed by atoms with van der Waals surface area (Å²) in [7, 11) is 0. The van der Waals surface area contributed by atoms with E-state index in [4.69, 9.17) is 5.26 Å². The molecule has 0 spiro atoms. The largest absolute Gasteiger partial charge is 0.281 e. The van der Waals surface area contributed by atoms with E-state index in [-0.39, 0.29) is 0 Å². The van der Waals surface area contributed by atoms with Crippen LogP contribution in [0.4, 0.5) is 0 Å². The lowest BCUT2D eigenvalue weighted by molar-refractivity contribution is 1.02. The third kappa shape index (κ3) is 1.50. The zero-order valence-electron chi connectivity index (χ0n) is 8.65. The molecule has 0 fully saturated rings. The van der Waals surface area contributed by atoms with Crippen LogP contribution in [0.1, 0.15) is 5.56 Å². The lowest BCUT2D eigenvalue weighted by Crippen LogP contribution is -1.91. The molecule has 6 heteroatoms. The van der Waals surface area contributed by atoms with Crippen LogP contribution in [0.25, 0.3) is 17.0 Å². The second-order valence-electron chi connectivity index (χ2n) is 3.41. The van der Waals surface area contributed by atoms with Crippen LogP contribution in [-0.2, 0) is 0 Å². The zero-order valence-corrected chi connectivity index (χ0v) is 8.65. The van der Waals surface area contributed by atoms with Crippen LogP contribution in [0, 0.1) is 11.3 Å². The molecule has 0 radical (unpaired) electrons. The highest BCUT2D eigenvalue weighted by atomic mass is 15.2. The van der Waals surface area contributed by atoms with Crippen molar-refractivity contribution >= 4 is 5.65 Å². The van der Waals surface area contributed by atoms with Crippen LogP contribution < -0.4 is 0 Å². The Bertz CT molecular complexity index is 710. The average Bonchev–Trinajstić information content (AvgIpc) is 2.82. The molecular formula is C11H6N6. The highest BCUT2D eigenvalue weighted by molar-refractivity contribution is 5.58. The number of hydrogen-bond acceptors (Lipinski definition) is 5. The number of fused-ring (bicyclic) bond motifs is 1. The Morgan fingerprint density at radius 2 is 2.06 bits per heavy atom. The van der Waals surface area contributed by atoms with Gasteiger partial charge in [-0.25, -0.2) is 0 Å². The van der Waals surface area contributed by atoms with Gasteiger partial charge in [-0.1, -0.05) is 0 Å². The minimum Gasteiger partial charge on any atom is -0.281 e. The first-order valence-corrected chi connectivity index (χ1v) is 4.90. The Kier molecular flexibility index (Phi) is 2.02. The van der Waals surface area contributed by atoms with Crippen LogP contribution in [-0.4, -0.2) is 24.8 Å². The summed E-state index contributed by atoms with van der Waals surface area (Å²) in [6.07, 6.45) is 4.89. The van der Waals surface area contributed by atoms with Gasteiger partial charge >= 0.3 is 0 Å². The summed E-state index contributed by atoms with van der Waals surface area (Å²) in [6, 6.07) is 7.34. The molecule has 80 valence electrons. The normalized spacial score (nSPS) is 10.3. The van der Waals surface area contributed by atoms with Crippen LogP contribution in [0.2, 0.25) is 0 Å². The van der Waals surface area contributed by atoms with Gasteiger partial charge in [0.15, 0.2) is 11.5 Å². The van der Waals surface area contributed by atoms with Crippen molar-refractivity contribution in [3.8, 4) is 17.5 Å². The van der Waals surface area contributed by atoms with Crippen molar-refractivity contribution < 1.29 is 0 Å². The maximum Gasteiger partial charge on any atom is 0.170 e. The predicted octanol–water partition coefficient (Wildman–Crippen LogP) is 1.06. The number of hydrogen-bond donors (Lipinski definition) is 0. The molecule has 0 N–H and O–H groups in total. The van der Waals surface area contributed by atoms with E-state index in [1.807, 2.05) is 0 Å². The second kappa shape index (κ2) is 3.64. The van der Waals surface area contributed by atoms with Crippen molar-refractivity contribution in [2.45, 2.75) is 0 Å². The predicted molar refractivity (Wildman–Crippen MR) is 58.7 cm³/mol. The minimum atomic E-state index is 0.556. The molecule has 3 aromatic heterocycles. The van der Waals surface area contributed by atoms with Crippen LogP contribution >= 0.6 is 0 Å². The third-order valence-electron chi connectivity index (χ3n) is 2.37. The van der Waals surface area contributed by atoms with Gasteiger partial charge in [0.25, 0.3) is 0 Å². The van der Waals surface area contributed by atoms with E-state index < -0.39 is 0 Å². The van der Waals surface area contributed by atoms with Crippen molar-refractivity contribution in [1.82, 2.24) is 24.8 Å². The molecule has 0 aliphatic rings. The quantitative estimate of drug-likeness (QED) is 0.615. The van der Waals surface area contributed by atoms with Crippen LogP contribution in [0.3, 0.4) is 0 Å². The lowest BCUT2D eigenvalue weighted by atomic mass is 10.3. The average molecular weight is 222 g/mol.